The summed E-state index contributed by atoms with van der Waals surface area (Å²) in [6, 6.07) is 14.5. The molecule has 0 aliphatic carbocycles. The van der Waals surface area contributed by atoms with Gasteiger partial charge in [0.15, 0.2) is 4.80 Å². The van der Waals surface area contributed by atoms with Crippen LogP contribution in [0.15, 0.2) is 88.4 Å². The van der Waals surface area contributed by atoms with Crippen LogP contribution in [-0.2, 0) is 16.1 Å². The molecule has 0 N–H and O–H groups in total. The summed E-state index contributed by atoms with van der Waals surface area (Å²) >= 11 is 7.43. The summed E-state index contributed by atoms with van der Waals surface area (Å²) in [5.74, 6) is -0.486. The Morgan fingerprint density at radius 1 is 1.22 bits per heavy atom. The van der Waals surface area contributed by atoms with E-state index in [4.69, 9.17) is 16.3 Å². The lowest BCUT2D eigenvalue weighted by molar-refractivity contribution is -0.139. The standard InChI is InChI=1S/C28H24ClN3O3S/c1-4-14-31-16-19(21-8-6-7-9-22(21)31)15-23-26(33)32-25(18-10-12-20(29)13-11-18)24(27(34)35-5-2)17(3)30-28(32)36-23/h4,6-13,15-16,25H,1,5,14H2,2-3H3/b23-15-. The van der Waals surface area contributed by atoms with Crippen LogP contribution in [0.25, 0.3) is 17.0 Å². The van der Waals surface area contributed by atoms with Gasteiger partial charge in [-0.1, -0.05) is 59.3 Å². The fourth-order valence-electron chi connectivity index (χ4n) is 4.57. The topological polar surface area (TPSA) is 65.6 Å². The predicted molar refractivity (Wildman–Crippen MR) is 144 cm³/mol. The molecule has 1 atom stereocenters. The molecule has 182 valence electrons. The van der Waals surface area contributed by atoms with Gasteiger partial charge in [0.05, 0.1) is 28.5 Å². The van der Waals surface area contributed by atoms with Crippen molar-refractivity contribution in [3.63, 3.8) is 0 Å². The zero-order chi connectivity index (χ0) is 25.4. The van der Waals surface area contributed by atoms with E-state index in [0.717, 1.165) is 22.0 Å². The van der Waals surface area contributed by atoms with Crippen LogP contribution in [0.3, 0.4) is 0 Å². The quantitative estimate of drug-likeness (QED) is 0.277. The maximum atomic E-state index is 13.8. The number of thiazole rings is 1. The Kier molecular flexibility index (Phi) is 6.51. The number of hydrogen-bond donors (Lipinski definition) is 0. The minimum atomic E-state index is -0.665. The third-order valence-corrected chi connectivity index (χ3v) is 7.37. The van der Waals surface area contributed by atoms with Gasteiger partial charge >= 0.3 is 5.97 Å². The van der Waals surface area contributed by atoms with Crippen molar-refractivity contribution in [2.24, 2.45) is 4.99 Å². The van der Waals surface area contributed by atoms with Gasteiger partial charge in [-0.2, -0.15) is 0 Å². The summed E-state index contributed by atoms with van der Waals surface area (Å²) in [5, 5.41) is 1.61. The lowest BCUT2D eigenvalue weighted by Gasteiger charge is -2.24. The smallest absolute Gasteiger partial charge is 0.338 e. The molecule has 0 fully saturated rings. The van der Waals surface area contributed by atoms with Crippen LogP contribution >= 0.6 is 22.9 Å². The van der Waals surface area contributed by atoms with E-state index in [2.05, 4.69) is 16.1 Å². The van der Waals surface area contributed by atoms with Crippen LogP contribution < -0.4 is 14.9 Å². The molecule has 0 saturated heterocycles. The molecule has 8 heteroatoms. The second-order valence-corrected chi connectivity index (χ2v) is 9.84. The molecular formula is C28H24ClN3O3S. The van der Waals surface area contributed by atoms with Crippen molar-refractivity contribution in [3.05, 3.63) is 114 Å². The van der Waals surface area contributed by atoms with Crippen molar-refractivity contribution in [1.29, 1.82) is 0 Å². The number of halogens is 1. The van der Waals surface area contributed by atoms with Crippen molar-refractivity contribution < 1.29 is 9.53 Å². The summed E-state index contributed by atoms with van der Waals surface area (Å²) in [4.78, 5) is 32.0. The molecule has 0 bridgehead atoms. The van der Waals surface area contributed by atoms with Crippen LogP contribution in [0.2, 0.25) is 5.02 Å². The Labute approximate surface area is 216 Å². The second-order valence-electron chi connectivity index (χ2n) is 8.40. The van der Waals surface area contributed by atoms with E-state index in [9.17, 15) is 9.59 Å². The van der Waals surface area contributed by atoms with Crippen LogP contribution in [-0.4, -0.2) is 21.7 Å². The van der Waals surface area contributed by atoms with Crippen molar-refractivity contribution >= 4 is 45.9 Å². The van der Waals surface area contributed by atoms with Crippen LogP contribution in [0.5, 0.6) is 0 Å². The molecule has 0 radical (unpaired) electrons. The number of benzene rings is 2. The molecule has 5 rings (SSSR count). The summed E-state index contributed by atoms with van der Waals surface area (Å²) < 4.78 is 9.57. The van der Waals surface area contributed by atoms with E-state index < -0.39 is 12.0 Å². The number of rotatable bonds is 6. The molecule has 6 nitrogen and oxygen atoms in total. The van der Waals surface area contributed by atoms with Crippen molar-refractivity contribution in [2.75, 3.05) is 6.61 Å². The molecule has 0 spiro atoms. The zero-order valence-corrected chi connectivity index (χ0v) is 21.5. The first kappa shape index (κ1) is 24.0. The number of ether oxygens (including phenoxy) is 1. The maximum Gasteiger partial charge on any atom is 0.338 e. The number of esters is 1. The predicted octanol–water partition coefficient (Wildman–Crippen LogP) is 4.59. The first-order valence-corrected chi connectivity index (χ1v) is 12.8. The van der Waals surface area contributed by atoms with Crippen LogP contribution in [0, 0.1) is 0 Å². The number of hydrogen-bond acceptors (Lipinski definition) is 5. The van der Waals surface area contributed by atoms with E-state index in [0.29, 0.717) is 32.2 Å². The molecule has 0 saturated carbocycles. The molecule has 1 unspecified atom stereocenters. The monoisotopic (exact) mass is 517 g/mol. The molecule has 1 aliphatic heterocycles. The average Bonchev–Trinajstić information content (AvgIpc) is 3.36. The molecule has 2 aromatic heterocycles. The summed E-state index contributed by atoms with van der Waals surface area (Å²) in [6.45, 7) is 8.26. The highest BCUT2D eigenvalue weighted by atomic mass is 35.5. The van der Waals surface area contributed by atoms with Gasteiger partial charge in [-0.25, -0.2) is 9.79 Å². The fraction of sp³-hybridized carbons (Fsp3) is 0.179. The lowest BCUT2D eigenvalue weighted by atomic mass is 9.96. The minimum Gasteiger partial charge on any atom is -0.463 e. The number of carbonyl (C=O) groups excluding carboxylic acids is 1. The normalized spacial score (nSPS) is 15.6. The van der Waals surface area contributed by atoms with Gasteiger partial charge in [-0.05, 0) is 43.7 Å². The molecule has 36 heavy (non-hydrogen) atoms. The first-order chi connectivity index (χ1) is 17.4. The van der Waals surface area contributed by atoms with E-state index >= 15 is 0 Å². The number of allylic oxidation sites excluding steroid dienone is 2. The molecule has 3 heterocycles. The summed E-state index contributed by atoms with van der Waals surface area (Å²) in [7, 11) is 0. The van der Waals surface area contributed by atoms with Gasteiger partial charge < -0.3 is 9.30 Å². The molecule has 4 aromatic rings. The number of para-hydroxylation sites is 1. The zero-order valence-electron chi connectivity index (χ0n) is 19.9. The number of carbonyl (C=O) groups is 1. The largest absolute Gasteiger partial charge is 0.463 e. The van der Waals surface area contributed by atoms with Gasteiger partial charge in [0.1, 0.15) is 0 Å². The maximum absolute atomic E-state index is 13.8. The summed E-state index contributed by atoms with van der Waals surface area (Å²) in [6.07, 6.45) is 5.76. The second kappa shape index (κ2) is 9.76. The Morgan fingerprint density at radius 3 is 2.69 bits per heavy atom. The highest BCUT2D eigenvalue weighted by molar-refractivity contribution is 7.07. The van der Waals surface area contributed by atoms with Gasteiger partial charge in [0.25, 0.3) is 5.56 Å². The Hall–Kier alpha value is -3.68. The summed E-state index contributed by atoms with van der Waals surface area (Å²) in [5.41, 5.74) is 3.42. The van der Waals surface area contributed by atoms with E-state index in [1.165, 1.54) is 11.3 Å². The van der Waals surface area contributed by atoms with Crippen LogP contribution in [0.1, 0.15) is 31.0 Å². The van der Waals surface area contributed by atoms with Gasteiger partial charge in [0, 0.05) is 34.2 Å². The van der Waals surface area contributed by atoms with Crippen LogP contribution in [0.4, 0.5) is 0 Å². The van der Waals surface area contributed by atoms with E-state index in [-0.39, 0.29) is 12.2 Å². The third kappa shape index (κ3) is 4.14. The lowest BCUT2D eigenvalue weighted by Crippen LogP contribution is -2.39. The SMILES string of the molecule is C=CCn1cc(/C=c2\sc3n(c2=O)C(c2ccc(Cl)cc2)C(C(=O)OCC)=C(C)N=3)c2ccccc21. The van der Waals surface area contributed by atoms with Gasteiger partial charge in [0.2, 0.25) is 0 Å². The van der Waals surface area contributed by atoms with Gasteiger partial charge in [-0.3, -0.25) is 9.36 Å². The minimum absolute atomic E-state index is 0.214. The molecule has 0 amide bonds. The average molecular weight is 518 g/mol. The Morgan fingerprint density at radius 2 is 1.97 bits per heavy atom. The Balaban J connectivity index is 1.74. The fourth-order valence-corrected chi connectivity index (χ4v) is 5.74. The Bertz CT molecular complexity index is 1710. The molecule has 1 aliphatic rings. The van der Waals surface area contributed by atoms with E-state index in [1.807, 2.05) is 54.7 Å². The highest BCUT2D eigenvalue weighted by Gasteiger charge is 2.33. The number of aromatic nitrogens is 2. The van der Waals surface area contributed by atoms with Crippen molar-refractivity contribution in [2.45, 2.75) is 26.4 Å². The van der Waals surface area contributed by atoms with Gasteiger partial charge in [-0.15, -0.1) is 6.58 Å². The van der Waals surface area contributed by atoms with E-state index in [1.54, 1.807) is 30.5 Å². The highest BCUT2D eigenvalue weighted by Crippen LogP contribution is 2.31. The third-order valence-electron chi connectivity index (χ3n) is 6.13. The van der Waals surface area contributed by atoms with Crippen molar-refractivity contribution in [3.8, 4) is 0 Å². The van der Waals surface area contributed by atoms with Crippen molar-refractivity contribution in [1.82, 2.24) is 9.13 Å². The molecule has 2 aromatic carbocycles. The number of nitrogens with zero attached hydrogens (tertiary/aromatic N) is 3. The number of fused-ring (bicyclic) bond motifs is 2. The first-order valence-electron chi connectivity index (χ1n) is 11.6. The molecular weight excluding hydrogens is 494 g/mol.